The molecule has 10 heteroatoms. The monoisotopic (exact) mass is 506 g/mol. The first-order chi connectivity index (χ1) is 17.0. The van der Waals surface area contributed by atoms with E-state index in [0.717, 1.165) is 63.5 Å². The fourth-order valence-corrected chi connectivity index (χ4v) is 6.58. The van der Waals surface area contributed by atoms with Crippen LogP contribution in [-0.4, -0.2) is 44.6 Å². The predicted molar refractivity (Wildman–Crippen MR) is 140 cm³/mol. The number of anilines is 2. The summed E-state index contributed by atoms with van der Waals surface area (Å²) in [6.45, 7) is 5.68. The molecule has 0 aliphatic carbocycles. The smallest absolute Gasteiger partial charge is 0.305 e. The van der Waals surface area contributed by atoms with Gasteiger partial charge in [-0.2, -0.15) is 5.26 Å². The van der Waals surface area contributed by atoms with Crippen molar-refractivity contribution >= 4 is 56.3 Å². The molecule has 1 aromatic carbocycles. The number of aromatic nitrogens is 3. The molecule has 2 aliphatic rings. The number of carbonyl (C=O) groups is 1. The molecular formula is C25H26N6O2S2. The molecule has 2 aromatic heterocycles. The van der Waals surface area contributed by atoms with Crippen LogP contribution in [0, 0.1) is 23.2 Å². The van der Waals surface area contributed by atoms with Crippen LogP contribution in [-0.2, 0) is 4.79 Å². The Balaban J connectivity index is 1.33. The molecule has 1 fully saturated rings. The van der Waals surface area contributed by atoms with Crippen molar-refractivity contribution in [1.29, 1.82) is 5.26 Å². The fourth-order valence-electron chi connectivity index (χ4n) is 4.70. The summed E-state index contributed by atoms with van der Waals surface area (Å²) < 4.78 is 0.877. The minimum absolute atomic E-state index is 0.0599. The van der Waals surface area contributed by atoms with E-state index >= 15 is 0 Å². The van der Waals surface area contributed by atoms with Gasteiger partial charge in [0.15, 0.2) is 0 Å². The number of likely N-dealkylation sites (tertiary alicyclic amines) is 1. The number of hydrogen-bond donors (Lipinski definition) is 2. The minimum atomic E-state index is -0.0798. The number of hydrogen-bond acceptors (Lipinski definition) is 8. The summed E-state index contributed by atoms with van der Waals surface area (Å²) >= 11 is 2.81. The van der Waals surface area contributed by atoms with Gasteiger partial charge in [-0.05, 0) is 55.9 Å². The molecule has 2 N–H and O–H groups in total. The first-order valence-corrected chi connectivity index (χ1v) is 13.6. The number of nitrogens with one attached hydrogen (secondary N) is 2. The number of nitriles is 1. The number of benzene rings is 1. The van der Waals surface area contributed by atoms with Crippen LogP contribution in [0.15, 0.2) is 40.9 Å². The lowest BCUT2D eigenvalue weighted by Gasteiger charge is -2.32. The van der Waals surface area contributed by atoms with Crippen molar-refractivity contribution in [2.24, 2.45) is 11.8 Å². The standard InChI is InChI=1S/C25H26N6O2S2/c1-15-2-3-17(24(32)31-9-6-16(13-26)7-10-31)8-11-34-23-21(15)22(27-14-28-23)29-18-4-5-19-20(12-18)35-25(33)30-19/h4-5,12,14,16-17H,1-3,6-11H2,(H,30,33)(H,27,28,29). The number of rotatable bonds is 3. The maximum Gasteiger partial charge on any atom is 0.305 e. The van der Waals surface area contributed by atoms with Crippen LogP contribution < -0.4 is 10.2 Å². The van der Waals surface area contributed by atoms with Crippen molar-refractivity contribution in [3.8, 4) is 6.07 Å². The van der Waals surface area contributed by atoms with Gasteiger partial charge >= 0.3 is 4.87 Å². The Morgan fingerprint density at radius 2 is 2.06 bits per heavy atom. The minimum Gasteiger partial charge on any atom is -0.342 e. The van der Waals surface area contributed by atoms with Crippen molar-refractivity contribution in [3.05, 3.63) is 46.3 Å². The van der Waals surface area contributed by atoms with Gasteiger partial charge in [0.05, 0.1) is 21.8 Å². The molecular weight excluding hydrogens is 480 g/mol. The Hall–Kier alpha value is -3.16. The van der Waals surface area contributed by atoms with E-state index in [1.165, 1.54) is 11.3 Å². The number of H-pyrrole nitrogens is 1. The molecule has 5 rings (SSSR count). The molecule has 2 aliphatic heterocycles. The van der Waals surface area contributed by atoms with Gasteiger partial charge in [0.1, 0.15) is 17.2 Å². The third-order valence-corrected chi connectivity index (χ3v) is 8.56. The fraction of sp³-hybridized carbons (Fsp3) is 0.400. The van der Waals surface area contributed by atoms with E-state index in [2.05, 4.69) is 32.9 Å². The molecule has 0 radical (unpaired) electrons. The van der Waals surface area contributed by atoms with Gasteiger partial charge in [0, 0.05) is 36.4 Å². The molecule has 1 atom stereocenters. The van der Waals surface area contributed by atoms with Crippen molar-refractivity contribution in [3.63, 3.8) is 0 Å². The van der Waals surface area contributed by atoms with E-state index in [1.54, 1.807) is 18.1 Å². The molecule has 0 saturated carbocycles. The Morgan fingerprint density at radius 1 is 1.23 bits per heavy atom. The summed E-state index contributed by atoms with van der Waals surface area (Å²) in [5, 5.41) is 13.4. The molecule has 0 bridgehead atoms. The molecule has 1 amide bonds. The summed E-state index contributed by atoms with van der Waals surface area (Å²) in [7, 11) is 0. The number of fused-ring (bicyclic) bond motifs is 2. The second kappa shape index (κ2) is 10.2. The second-order valence-electron chi connectivity index (χ2n) is 8.96. The maximum absolute atomic E-state index is 13.3. The molecule has 180 valence electrons. The summed E-state index contributed by atoms with van der Waals surface area (Å²) in [5.41, 5.74) is 3.45. The average molecular weight is 507 g/mol. The number of thioether (sulfide) groups is 1. The zero-order chi connectivity index (χ0) is 24.4. The Morgan fingerprint density at radius 3 is 2.86 bits per heavy atom. The lowest BCUT2D eigenvalue weighted by atomic mass is 9.92. The average Bonchev–Trinajstić information content (AvgIpc) is 3.27. The molecule has 0 spiro atoms. The van der Waals surface area contributed by atoms with Crippen LogP contribution in [0.1, 0.15) is 37.7 Å². The van der Waals surface area contributed by atoms with Gasteiger partial charge in [0.2, 0.25) is 5.91 Å². The highest BCUT2D eigenvalue weighted by molar-refractivity contribution is 7.99. The van der Waals surface area contributed by atoms with Crippen LogP contribution in [0.25, 0.3) is 15.8 Å². The molecule has 8 nitrogen and oxygen atoms in total. The predicted octanol–water partition coefficient (Wildman–Crippen LogP) is 4.79. The van der Waals surface area contributed by atoms with Gasteiger partial charge in [-0.15, -0.1) is 11.8 Å². The highest BCUT2D eigenvalue weighted by atomic mass is 32.2. The Kier molecular flexibility index (Phi) is 6.88. The topological polar surface area (TPSA) is 115 Å². The molecule has 4 heterocycles. The zero-order valence-electron chi connectivity index (χ0n) is 19.2. The second-order valence-corrected chi connectivity index (χ2v) is 11.1. The van der Waals surface area contributed by atoms with Crippen molar-refractivity contribution in [2.75, 3.05) is 24.2 Å². The van der Waals surface area contributed by atoms with E-state index in [-0.39, 0.29) is 22.6 Å². The van der Waals surface area contributed by atoms with Gasteiger partial charge in [0.25, 0.3) is 0 Å². The molecule has 35 heavy (non-hydrogen) atoms. The number of carbonyl (C=O) groups excluding carboxylic acids is 1. The number of nitrogens with zero attached hydrogens (tertiary/aromatic N) is 4. The van der Waals surface area contributed by atoms with Crippen LogP contribution in [0.3, 0.4) is 0 Å². The Labute approximate surface area is 211 Å². The third-order valence-electron chi connectivity index (χ3n) is 6.69. The molecule has 1 saturated heterocycles. The van der Waals surface area contributed by atoms with Gasteiger partial charge < -0.3 is 15.2 Å². The van der Waals surface area contributed by atoms with Crippen LogP contribution in [0.4, 0.5) is 11.5 Å². The maximum atomic E-state index is 13.3. The van der Waals surface area contributed by atoms with Gasteiger partial charge in [-0.1, -0.05) is 17.9 Å². The van der Waals surface area contributed by atoms with Crippen molar-refractivity contribution in [1.82, 2.24) is 19.9 Å². The van der Waals surface area contributed by atoms with E-state index in [4.69, 9.17) is 5.26 Å². The number of amides is 1. The summed E-state index contributed by atoms with van der Waals surface area (Å²) in [5.74, 6) is 1.66. The third kappa shape index (κ3) is 5.11. The highest BCUT2D eigenvalue weighted by Gasteiger charge is 2.29. The SMILES string of the molecule is C=C1CCC(C(=O)N2CCC(C#N)CC2)CCSc2ncnc(Nc3ccc4[nH]c(=O)sc4c3)c21. The van der Waals surface area contributed by atoms with Crippen LogP contribution in [0.5, 0.6) is 0 Å². The molecule has 1 unspecified atom stereocenters. The number of piperidine rings is 1. The summed E-state index contributed by atoms with van der Waals surface area (Å²) in [6, 6.07) is 8.05. The summed E-state index contributed by atoms with van der Waals surface area (Å²) in [6.07, 6.45) is 5.27. The lowest BCUT2D eigenvalue weighted by Crippen LogP contribution is -2.41. The number of aromatic amines is 1. The van der Waals surface area contributed by atoms with Gasteiger partial charge in [-0.25, -0.2) is 9.97 Å². The zero-order valence-corrected chi connectivity index (χ0v) is 20.9. The summed E-state index contributed by atoms with van der Waals surface area (Å²) in [4.78, 5) is 38.6. The number of thiazole rings is 1. The highest BCUT2D eigenvalue weighted by Crippen LogP contribution is 2.38. The Bertz CT molecular complexity index is 1370. The number of allylic oxidation sites excluding steroid dienone is 1. The van der Waals surface area contributed by atoms with Crippen molar-refractivity contribution in [2.45, 2.75) is 37.1 Å². The first-order valence-electron chi connectivity index (χ1n) is 11.8. The van der Waals surface area contributed by atoms with Crippen LogP contribution in [0.2, 0.25) is 0 Å². The van der Waals surface area contributed by atoms with Gasteiger partial charge in [-0.3, -0.25) is 9.59 Å². The van der Waals surface area contributed by atoms with Crippen LogP contribution >= 0.6 is 23.1 Å². The van der Waals surface area contributed by atoms with E-state index in [9.17, 15) is 9.59 Å². The van der Waals surface area contributed by atoms with E-state index < -0.39 is 0 Å². The quantitative estimate of drug-likeness (QED) is 0.491. The largest absolute Gasteiger partial charge is 0.342 e. The lowest BCUT2D eigenvalue weighted by molar-refractivity contribution is -0.137. The molecule has 3 aromatic rings. The first kappa shape index (κ1) is 23.6. The van der Waals surface area contributed by atoms with E-state index in [0.29, 0.717) is 25.3 Å². The normalized spacial score (nSPS) is 19.3. The van der Waals surface area contributed by atoms with E-state index in [1.807, 2.05) is 23.1 Å². The van der Waals surface area contributed by atoms with Crippen molar-refractivity contribution < 1.29 is 4.79 Å².